The van der Waals surface area contributed by atoms with Crippen LogP contribution >= 0.6 is 0 Å². The summed E-state index contributed by atoms with van der Waals surface area (Å²) in [5.41, 5.74) is 1.23. The zero-order valence-electron chi connectivity index (χ0n) is 24.7. The van der Waals surface area contributed by atoms with Crippen LogP contribution in [0.15, 0.2) is 24.8 Å². The fourth-order valence-corrected chi connectivity index (χ4v) is 4.77. The van der Waals surface area contributed by atoms with E-state index in [1.54, 1.807) is 6.92 Å². The quantitative estimate of drug-likeness (QED) is 0.138. The summed E-state index contributed by atoms with van der Waals surface area (Å²) in [6.07, 6.45) is 12.3. The molecule has 0 spiro atoms. The van der Waals surface area contributed by atoms with E-state index in [2.05, 4.69) is 68.8 Å². The number of aliphatic hydroxyl groups is 2. The Kier molecular flexibility index (Phi) is 12.5. The number of fused-ring (bicyclic) bond motifs is 1. The van der Waals surface area contributed by atoms with E-state index in [1.807, 2.05) is 0 Å². The van der Waals surface area contributed by atoms with Crippen LogP contribution in [0.25, 0.3) is 11.2 Å². The number of hydrogen-bond acceptors (Lipinski definition) is 9. The number of nitrogens with one attached hydrogen (secondary N) is 4. The second-order valence-electron chi connectivity index (χ2n) is 11.9. The SMILES string of the molecule is CC1OC(Nc2ncnc3nc[nH]c23)C(O)C(O)C1NC(=O)CNC(=O)CCCCCCCCC/C=C\C(C)(C)C. The highest BCUT2D eigenvalue weighted by atomic mass is 16.5. The summed E-state index contributed by atoms with van der Waals surface area (Å²) in [4.78, 5) is 39.8. The van der Waals surface area contributed by atoms with Crippen LogP contribution in [0.4, 0.5) is 5.82 Å². The van der Waals surface area contributed by atoms with Crippen molar-refractivity contribution in [2.24, 2.45) is 5.41 Å². The van der Waals surface area contributed by atoms with Gasteiger partial charge in [0.2, 0.25) is 11.8 Å². The number of aromatic amines is 1. The monoisotopic (exact) mass is 573 g/mol. The summed E-state index contributed by atoms with van der Waals surface area (Å²) in [5.74, 6) is -0.289. The first-order valence-corrected chi connectivity index (χ1v) is 14.7. The van der Waals surface area contributed by atoms with Crippen molar-refractivity contribution in [2.45, 2.75) is 116 Å². The minimum absolute atomic E-state index is 0.182. The van der Waals surface area contributed by atoms with E-state index in [-0.39, 0.29) is 17.9 Å². The molecule has 5 atom stereocenters. The molecule has 228 valence electrons. The Morgan fingerprint density at radius 1 is 1.00 bits per heavy atom. The van der Waals surface area contributed by atoms with Crippen molar-refractivity contribution in [1.29, 1.82) is 0 Å². The van der Waals surface area contributed by atoms with Crippen molar-refractivity contribution in [3.63, 3.8) is 0 Å². The Morgan fingerprint density at radius 2 is 1.71 bits per heavy atom. The third-order valence-corrected chi connectivity index (χ3v) is 7.06. The summed E-state index contributed by atoms with van der Waals surface area (Å²) in [6, 6.07) is -0.862. The highest BCUT2D eigenvalue weighted by Crippen LogP contribution is 2.24. The molecule has 6 N–H and O–H groups in total. The van der Waals surface area contributed by atoms with Crippen LogP contribution in [-0.2, 0) is 14.3 Å². The van der Waals surface area contributed by atoms with Gasteiger partial charge < -0.3 is 35.9 Å². The zero-order chi connectivity index (χ0) is 29.8. The summed E-state index contributed by atoms with van der Waals surface area (Å²) in [7, 11) is 0. The maximum absolute atomic E-state index is 12.5. The molecule has 1 saturated heterocycles. The fourth-order valence-electron chi connectivity index (χ4n) is 4.77. The molecular weight excluding hydrogens is 526 g/mol. The Bertz CT molecular complexity index is 1130. The van der Waals surface area contributed by atoms with Gasteiger partial charge in [-0.15, -0.1) is 0 Å². The molecule has 1 fully saturated rings. The van der Waals surface area contributed by atoms with E-state index < -0.39 is 36.5 Å². The van der Waals surface area contributed by atoms with Crippen molar-refractivity contribution >= 4 is 28.8 Å². The summed E-state index contributed by atoms with van der Waals surface area (Å²) >= 11 is 0. The number of imidazole rings is 1. The molecule has 0 aliphatic carbocycles. The van der Waals surface area contributed by atoms with Gasteiger partial charge in [-0.3, -0.25) is 9.59 Å². The van der Waals surface area contributed by atoms with Gasteiger partial charge in [-0.05, 0) is 31.6 Å². The molecule has 1 aliphatic rings. The number of allylic oxidation sites excluding steroid dienone is 2. The van der Waals surface area contributed by atoms with Crippen molar-refractivity contribution in [3.8, 4) is 0 Å². The van der Waals surface area contributed by atoms with Gasteiger partial charge in [0.1, 0.15) is 24.1 Å². The van der Waals surface area contributed by atoms with Crippen molar-refractivity contribution < 1.29 is 24.5 Å². The first kappa shape index (κ1) is 32.4. The highest BCUT2D eigenvalue weighted by Gasteiger charge is 2.43. The Hall–Kier alpha value is -3.09. The number of aliphatic hydroxyl groups excluding tert-OH is 2. The lowest BCUT2D eigenvalue weighted by molar-refractivity contribution is -0.172. The summed E-state index contributed by atoms with van der Waals surface area (Å²) < 4.78 is 5.85. The number of H-pyrrole nitrogens is 1. The van der Waals surface area contributed by atoms with Crippen LogP contribution in [0.1, 0.15) is 85.5 Å². The molecule has 0 radical (unpaired) electrons. The Morgan fingerprint density at radius 3 is 2.44 bits per heavy atom. The minimum atomic E-state index is -1.36. The second kappa shape index (κ2) is 15.8. The van der Waals surface area contributed by atoms with Gasteiger partial charge in [0.25, 0.3) is 0 Å². The van der Waals surface area contributed by atoms with E-state index >= 15 is 0 Å². The molecule has 12 nitrogen and oxygen atoms in total. The molecule has 0 bridgehead atoms. The van der Waals surface area contributed by atoms with Crippen LogP contribution in [0.3, 0.4) is 0 Å². The van der Waals surface area contributed by atoms with Crippen molar-refractivity contribution in [3.05, 3.63) is 24.8 Å². The average Bonchev–Trinajstić information content (AvgIpc) is 3.41. The Labute approximate surface area is 242 Å². The van der Waals surface area contributed by atoms with Crippen LogP contribution in [0.5, 0.6) is 0 Å². The molecule has 0 aromatic carbocycles. The standard InChI is InChI=1S/C29H47N7O5/c1-19-22(24(39)25(40)28(41-19)36-27-23-26(32-17-31-23)33-18-34-27)35-21(38)16-30-20(37)14-12-10-8-6-5-7-9-11-13-15-29(2,3)4/h13,15,17-19,22,24-25,28,39-40H,5-12,14,16H2,1-4H3,(H,30,37)(H,35,38)(H2,31,32,33,34,36)/b15-13-. The van der Waals surface area contributed by atoms with E-state index in [9.17, 15) is 19.8 Å². The number of aromatic nitrogens is 4. The molecule has 0 saturated carbocycles. The van der Waals surface area contributed by atoms with Crippen LogP contribution in [0.2, 0.25) is 0 Å². The van der Waals surface area contributed by atoms with Gasteiger partial charge >= 0.3 is 0 Å². The smallest absolute Gasteiger partial charge is 0.239 e. The maximum Gasteiger partial charge on any atom is 0.239 e. The first-order valence-electron chi connectivity index (χ1n) is 14.7. The topological polar surface area (TPSA) is 174 Å². The molecule has 2 aromatic heterocycles. The first-order chi connectivity index (χ1) is 19.5. The second-order valence-corrected chi connectivity index (χ2v) is 11.9. The lowest BCUT2D eigenvalue weighted by Crippen LogP contribution is -2.64. The number of ether oxygens (including phenoxy) is 1. The van der Waals surface area contributed by atoms with Gasteiger partial charge in [0.05, 0.1) is 25.0 Å². The highest BCUT2D eigenvalue weighted by molar-refractivity contribution is 5.85. The molecule has 3 heterocycles. The van der Waals surface area contributed by atoms with E-state index in [0.717, 1.165) is 25.7 Å². The van der Waals surface area contributed by atoms with E-state index in [0.29, 0.717) is 23.4 Å². The molecule has 12 heteroatoms. The van der Waals surface area contributed by atoms with Crippen molar-refractivity contribution in [1.82, 2.24) is 30.6 Å². The molecule has 2 amide bonds. The largest absolute Gasteiger partial charge is 0.388 e. The van der Waals surface area contributed by atoms with Gasteiger partial charge in [-0.1, -0.05) is 65.0 Å². The number of nitrogens with zero attached hydrogens (tertiary/aromatic N) is 3. The fraction of sp³-hybridized carbons (Fsp3) is 0.690. The number of unbranched alkanes of at least 4 members (excludes halogenated alkanes) is 7. The van der Waals surface area contributed by atoms with Crippen LogP contribution in [0, 0.1) is 5.41 Å². The lowest BCUT2D eigenvalue weighted by atomic mass is 9.95. The lowest BCUT2D eigenvalue weighted by Gasteiger charge is -2.42. The predicted molar refractivity (Wildman–Crippen MR) is 157 cm³/mol. The number of hydrogen-bond donors (Lipinski definition) is 6. The number of carbonyl (C=O) groups excluding carboxylic acids is 2. The van der Waals surface area contributed by atoms with E-state index in [4.69, 9.17) is 4.74 Å². The molecular formula is C29H47N7O5. The number of rotatable bonds is 15. The molecule has 41 heavy (non-hydrogen) atoms. The summed E-state index contributed by atoms with van der Waals surface area (Å²) in [6.45, 7) is 8.09. The zero-order valence-corrected chi connectivity index (χ0v) is 24.7. The number of anilines is 1. The van der Waals surface area contributed by atoms with Gasteiger partial charge in [0.15, 0.2) is 17.7 Å². The van der Waals surface area contributed by atoms with Gasteiger partial charge in [0, 0.05) is 6.42 Å². The molecule has 5 unspecified atom stereocenters. The molecule has 1 aliphatic heterocycles. The predicted octanol–water partition coefficient (Wildman–Crippen LogP) is 2.95. The minimum Gasteiger partial charge on any atom is -0.388 e. The van der Waals surface area contributed by atoms with Crippen molar-refractivity contribution in [2.75, 3.05) is 11.9 Å². The molecule has 2 aromatic rings. The third kappa shape index (κ3) is 10.7. The summed E-state index contributed by atoms with van der Waals surface area (Å²) in [5, 5.41) is 29.6. The van der Waals surface area contributed by atoms with Gasteiger partial charge in [-0.25, -0.2) is 15.0 Å². The maximum atomic E-state index is 12.5. The third-order valence-electron chi connectivity index (χ3n) is 7.06. The van der Waals surface area contributed by atoms with Crippen LogP contribution < -0.4 is 16.0 Å². The van der Waals surface area contributed by atoms with Crippen LogP contribution in [-0.4, -0.2) is 79.1 Å². The van der Waals surface area contributed by atoms with E-state index in [1.165, 1.54) is 38.3 Å². The number of carbonyl (C=O) groups is 2. The molecule has 3 rings (SSSR count). The average molecular weight is 574 g/mol. The number of amides is 2. The van der Waals surface area contributed by atoms with Gasteiger partial charge in [-0.2, -0.15) is 0 Å². The Balaban J connectivity index is 1.28. The normalized spacial score (nSPS) is 23.1.